The van der Waals surface area contributed by atoms with E-state index in [0.29, 0.717) is 17.3 Å². The highest BCUT2D eigenvalue weighted by Crippen LogP contribution is 2.70. The summed E-state index contributed by atoms with van der Waals surface area (Å²) >= 11 is 7.55. The van der Waals surface area contributed by atoms with Crippen LogP contribution < -0.4 is 0 Å². The molecule has 0 unspecified atom stereocenters. The van der Waals surface area contributed by atoms with Crippen LogP contribution in [-0.2, 0) is 9.53 Å². The molecule has 0 aromatic heterocycles. The first-order valence-electron chi connectivity index (χ1n) is 16.3. The van der Waals surface area contributed by atoms with Gasteiger partial charge in [-0.1, -0.05) is 87.5 Å². The molecule has 0 saturated heterocycles. The second-order valence-electron chi connectivity index (χ2n) is 14.6. The number of carbonyl (C=O) groups excluding carboxylic acids is 1. The van der Waals surface area contributed by atoms with Gasteiger partial charge >= 0.3 is 5.97 Å². The molecular weight excluding hydrogens is 524 g/mol. The number of carbonyl (C=O) groups is 1. The maximum Gasteiger partial charge on any atom is 0.302 e. The van der Waals surface area contributed by atoms with Gasteiger partial charge in [0.2, 0.25) is 0 Å². The van der Waals surface area contributed by atoms with Gasteiger partial charge in [0.05, 0.1) is 4.87 Å². The standard InChI is InChI=1S/C38H49ClO2/c1-26(15-16-31(28-11-7-5-8-12-28)29-13-9-6-10-14-29)33-17-18-34-32-20-24-38(39)25-30(41-27(2)40)19-23-37(38,4)35(32)21-22-36(33,34)3/h5-14,16,26,30,32-35H,15,17-25H2,1-4H3/t26-,30+,32-,33-,34-,35+,36-,37-,38+/m1/s1. The molecule has 0 radical (unpaired) electrons. The third kappa shape index (κ3) is 5.11. The lowest BCUT2D eigenvalue weighted by Gasteiger charge is -2.64. The number of halogens is 1. The van der Waals surface area contributed by atoms with Crippen LogP contribution in [0.5, 0.6) is 0 Å². The lowest BCUT2D eigenvalue weighted by molar-refractivity contribution is -0.157. The van der Waals surface area contributed by atoms with Gasteiger partial charge in [-0.3, -0.25) is 4.79 Å². The van der Waals surface area contributed by atoms with Crippen LogP contribution in [0.4, 0.5) is 0 Å². The number of ether oxygens (including phenoxy) is 1. The fourth-order valence-electron chi connectivity index (χ4n) is 10.6. The average molecular weight is 573 g/mol. The first-order valence-corrected chi connectivity index (χ1v) is 16.7. The van der Waals surface area contributed by atoms with Crippen LogP contribution in [0.2, 0.25) is 0 Å². The highest BCUT2D eigenvalue weighted by molar-refractivity contribution is 6.24. The van der Waals surface area contributed by atoms with E-state index in [-0.39, 0.29) is 22.4 Å². The Balaban J connectivity index is 1.19. The van der Waals surface area contributed by atoms with Crippen molar-refractivity contribution in [3.8, 4) is 0 Å². The summed E-state index contributed by atoms with van der Waals surface area (Å²) in [6, 6.07) is 21.8. The minimum Gasteiger partial charge on any atom is -0.462 e. The molecule has 0 N–H and O–H groups in total. The van der Waals surface area contributed by atoms with E-state index in [1.165, 1.54) is 55.7 Å². The van der Waals surface area contributed by atoms with Crippen LogP contribution in [0, 0.1) is 40.4 Å². The quantitative estimate of drug-likeness (QED) is 0.254. The van der Waals surface area contributed by atoms with E-state index in [0.717, 1.165) is 49.9 Å². The summed E-state index contributed by atoms with van der Waals surface area (Å²) in [5, 5.41) is 0. The van der Waals surface area contributed by atoms with Crippen molar-refractivity contribution in [2.75, 3.05) is 0 Å². The Bertz CT molecular complexity index is 1210. The molecule has 4 aliphatic rings. The number of benzene rings is 2. The van der Waals surface area contributed by atoms with Crippen molar-refractivity contribution in [3.05, 3.63) is 77.9 Å². The van der Waals surface area contributed by atoms with Crippen LogP contribution in [-0.4, -0.2) is 16.9 Å². The number of esters is 1. The van der Waals surface area contributed by atoms with Crippen molar-refractivity contribution in [3.63, 3.8) is 0 Å². The van der Waals surface area contributed by atoms with Gasteiger partial charge in [-0.25, -0.2) is 0 Å². The van der Waals surface area contributed by atoms with Gasteiger partial charge in [-0.15, -0.1) is 11.6 Å². The molecule has 0 spiro atoms. The fraction of sp³-hybridized carbons (Fsp3) is 0.605. The Hall–Kier alpha value is -2.06. The summed E-state index contributed by atoms with van der Waals surface area (Å²) in [5.41, 5.74) is 4.55. The largest absolute Gasteiger partial charge is 0.462 e. The van der Waals surface area contributed by atoms with E-state index in [2.05, 4.69) is 87.5 Å². The molecule has 0 heterocycles. The molecule has 3 heteroatoms. The highest BCUT2D eigenvalue weighted by atomic mass is 35.5. The SMILES string of the molecule is CC(=O)O[C@H]1CC[C@]2(C)[C@H]3CC[C@@]4(C)[C@H](CC[C@@H]4[C@H](C)CC=C(c4ccccc4)c4ccccc4)[C@H]3CC[C@]2(Cl)C1. The third-order valence-corrected chi connectivity index (χ3v) is 13.4. The van der Waals surface area contributed by atoms with Crippen molar-refractivity contribution >= 4 is 23.1 Å². The predicted molar refractivity (Wildman–Crippen MR) is 170 cm³/mol. The molecule has 0 amide bonds. The Morgan fingerprint density at radius 1 is 0.902 bits per heavy atom. The van der Waals surface area contributed by atoms with Crippen molar-refractivity contribution < 1.29 is 9.53 Å². The Kier molecular flexibility index (Phi) is 7.94. The van der Waals surface area contributed by atoms with Crippen molar-refractivity contribution in [2.45, 2.75) is 103 Å². The molecule has 2 aromatic carbocycles. The normalized spacial score (nSPS) is 38.6. The van der Waals surface area contributed by atoms with Crippen LogP contribution >= 0.6 is 11.6 Å². The number of hydrogen-bond donors (Lipinski definition) is 0. The maximum atomic E-state index is 11.7. The van der Waals surface area contributed by atoms with Crippen molar-refractivity contribution in [1.82, 2.24) is 0 Å². The van der Waals surface area contributed by atoms with Crippen LogP contribution in [0.15, 0.2) is 66.7 Å². The second kappa shape index (κ2) is 11.2. The molecule has 2 aromatic rings. The first kappa shape index (κ1) is 29.0. The van der Waals surface area contributed by atoms with Crippen molar-refractivity contribution in [2.24, 2.45) is 40.4 Å². The lowest BCUT2D eigenvalue weighted by Crippen LogP contribution is -2.60. The van der Waals surface area contributed by atoms with E-state index in [1.54, 1.807) is 0 Å². The predicted octanol–water partition coefficient (Wildman–Crippen LogP) is 10.1. The molecule has 0 aliphatic heterocycles. The minimum atomic E-state index is -0.234. The van der Waals surface area contributed by atoms with Crippen LogP contribution in [0.25, 0.3) is 5.57 Å². The lowest BCUT2D eigenvalue weighted by atomic mass is 9.44. The Morgan fingerprint density at radius 2 is 1.56 bits per heavy atom. The van der Waals surface area contributed by atoms with E-state index in [9.17, 15) is 4.79 Å². The van der Waals surface area contributed by atoms with Gasteiger partial charge in [-0.05, 0) is 115 Å². The zero-order valence-electron chi connectivity index (χ0n) is 25.6. The topological polar surface area (TPSA) is 26.3 Å². The molecule has 4 aliphatic carbocycles. The minimum absolute atomic E-state index is 0.00934. The second-order valence-corrected chi connectivity index (χ2v) is 15.3. The Morgan fingerprint density at radius 3 is 2.20 bits per heavy atom. The van der Waals surface area contributed by atoms with Gasteiger partial charge in [0.1, 0.15) is 6.10 Å². The number of allylic oxidation sites excluding steroid dienone is 1. The number of fused-ring (bicyclic) bond motifs is 5. The van der Waals surface area contributed by atoms with E-state index < -0.39 is 0 Å². The molecule has 4 fully saturated rings. The molecule has 0 bridgehead atoms. The molecule has 41 heavy (non-hydrogen) atoms. The fourth-order valence-corrected chi connectivity index (χ4v) is 11.1. The molecule has 4 saturated carbocycles. The highest BCUT2D eigenvalue weighted by Gasteiger charge is 2.64. The number of rotatable bonds is 6. The number of hydrogen-bond acceptors (Lipinski definition) is 2. The zero-order chi connectivity index (χ0) is 28.8. The first-order chi connectivity index (χ1) is 19.6. The van der Waals surface area contributed by atoms with Gasteiger partial charge in [-0.2, -0.15) is 0 Å². The maximum absolute atomic E-state index is 11.7. The van der Waals surface area contributed by atoms with Gasteiger partial charge in [0.15, 0.2) is 0 Å². The molecule has 2 nitrogen and oxygen atoms in total. The van der Waals surface area contributed by atoms with Crippen molar-refractivity contribution in [1.29, 1.82) is 0 Å². The monoisotopic (exact) mass is 572 g/mol. The average Bonchev–Trinajstić information content (AvgIpc) is 3.32. The molecule has 220 valence electrons. The summed E-state index contributed by atoms with van der Waals surface area (Å²) in [6.45, 7) is 9.21. The van der Waals surface area contributed by atoms with Crippen LogP contribution in [0.3, 0.4) is 0 Å². The van der Waals surface area contributed by atoms with Gasteiger partial charge in [0.25, 0.3) is 0 Å². The zero-order valence-corrected chi connectivity index (χ0v) is 26.3. The van der Waals surface area contributed by atoms with Gasteiger partial charge < -0.3 is 4.74 Å². The molecule has 6 rings (SSSR count). The van der Waals surface area contributed by atoms with E-state index in [1.807, 2.05) is 0 Å². The summed E-state index contributed by atoms with van der Waals surface area (Å²) in [4.78, 5) is 11.5. The summed E-state index contributed by atoms with van der Waals surface area (Å²) in [7, 11) is 0. The smallest absolute Gasteiger partial charge is 0.302 e. The number of alkyl halides is 1. The van der Waals surface area contributed by atoms with E-state index in [4.69, 9.17) is 16.3 Å². The summed E-state index contributed by atoms with van der Waals surface area (Å²) < 4.78 is 5.68. The molecule has 9 atom stereocenters. The summed E-state index contributed by atoms with van der Waals surface area (Å²) in [5.74, 6) is 3.56. The van der Waals surface area contributed by atoms with E-state index >= 15 is 0 Å². The third-order valence-electron chi connectivity index (χ3n) is 12.6. The Labute approximate surface area is 253 Å². The van der Waals surface area contributed by atoms with Crippen LogP contribution in [0.1, 0.15) is 103 Å². The molecular formula is C38H49ClO2. The summed E-state index contributed by atoms with van der Waals surface area (Å²) in [6.07, 6.45) is 14.2. The van der Waals surface area contributed by atoms with Gasteiger partial charge in [0, 0.05) is 13.3 Å².